The normalized spacial score (nSPS) is 25.1. The number of aliphatic hydroxyl groups excluding tert-OH is 1. The van der Waals surface area contributed by atoms with Crippen molar-refractivity contribution in [3.05, 3.63) is 33.9 Å². The van der Waals surface area contributed by atoms with Crippen LogP contribution in [0.15, 0.2) is 18.2 Å². The van der Waals surface area contributed by atoms with Crippen molar-refractivity contribution in [1.82, 2.24) is 0 Å². The van der Waals surface area contributed by atoms with Gasteiger partial charge in [-0.25, -0.2) is 0 Å². The van der Waals surface area contributed by atoms with Gasteiger partial charge in [0.1, 0.15) is 17.3 Å². The maximum Gasteiger partial charge on any atom is 0.309 e. The molecule has 112 valence electrons. The van der Waals surface area contributed by atoms with Crippen LogP contribution >= 0.6 is 0 Å². The lowest BCUT2D eigenvalue weighted by Gasteiger charge is -2.40. The van der Waals surface area contributed by atoms with Crippen LogP contribution in [0.1, 0.15) is 38.2 Å². The molecule has 2 unspecified atom stereocenters. The van der Waals surface area contributed by atoms with Crippen molar-refractivity contribution < 1.29 is 10.0 Å². The molecule has 0 bridgehead atoms. The Morgan fingerprint density at radius 1 is 1.62 bits per heavy atom. The van der Waals surface area contributed by atoms with E-state index in [0.717, 1.165) is 25.7 Å². The van der Waals surface area contributed by atoms with Gasteiger partial charge < -0.3 is 10.4 Å². The number of nitrogens with one attached hydrogen (secondary N) is 1. The Bertz CT molecular complexity index is 582. The van der Waals surface area contributed by atoms with E-state index in [9.17, 15) is 15.2 Å². The molecule has 0 aliphatic heterocycles. The molecule has 2 rings (SSSR count). The van der Waals surface area contributed by atoms with Crippen LogP contribution in [0.3, 0.4) is 0 Å². The van der Waals surface area contributed by atoms with Gasteiger partial charge in [-0.05, 0) is 30.9 Å². The summed E-state index contributed by atoms with van der Waals surface area (Å²) in [6.45, 7) is 2.04. The molecule has 1 aromatic rings. The Morgan fingerprint density at radius 3 is 2.95 bits per heavy atom. The van der Waals surface area contributed by atoms with Gasteiger partial charge >= 0.3 is 5.69 Å². The van der Waals surface area contributed by atoms with Gasteiger partial charge in [0.15, 0.2) is 0 Å². The lowest BCUT2D eigenvalue weighted by atomic mass is 9.76. The minimum atomic E-state index is -0.545. The van der Waals surface area contributed by atoms with E-state index >= 15 is 0 Å². The van der Waals surface area contributed by atoms with E-state index in [2.05, 4.69) is 12.2 Å². The highest BCUT2D eigenvalue weighted by molar-refractivity contribution is 5.69. The molecule has 0 saturated heterocycles. The highest BCUT2D eigenvalue weighted by Gasteiger charge is 2.36. The van der Waals surface area contributed by atoms with Crippen molar-refractivity contribution in [3.63, 3.8) is 0 Å². The maximum atomic E-state index is 11.3. The molecular formula is C15H19N3O3. The molecule has 0 radical (unpaired) electrons. The van der Waals surface area contributed by atoms with Gasteiger partial charge in [0.05, 0.1) is 17.1 Å². The molecule has 2 atom stereocenters. The van der Waals surface area contributed by atoms with Crippen molar-refractivity contribution >= 4 is 11.4 Å². The number of rotatable bonds is 4. The molecule has 21 heavy (non-hydrogen) atoms. The summed E-state index contributed by atoms with van der Waals surface area (Å²) < 4.78 is 0. The van der Waals surface area contributed by atoms with Crippen molar-refractivity contribution in [2.24, 2.45) is 5.92 Å². The van der Waals surface area contributed by atoms with E-state index in [0.29, 0.717) is 11.6 Å². The number of nitrogens with zero attached hydrogens (tertiary/aromatic N) is 2. The summed E-state index contributed by atoms with van der Waals surface area (Å²) in [5.74, 6) is 0.455. The smallest absolute Gasteiger partial charge is 0.309 e. The first-order valence-electron chi connectivity index (χ1n) is 7.08. The van der Waals surface area contributed by atoms with Gasteiger partial charge in [-0.1, -0.05) is 25.8 Å². The number of hydrogen-bond acceptors (Lipinski definition) is 5. The van der Waals surface area contributed by atoms with Crippen molar-refractivity contribution in [2.45, 2.75) is 38.1 Å². The molecule has 0 amide bonds. The SMILES string of the molecule is CC1CCCC(CO)(Nc2cccc(C#N)c2[N+](=O)[O-])C1. The van der Waals surface area contributed by atoms with Crippen LogP contribution in [0.2, 0.25) is 0 Å². The summed E-state index contributed by atoms with van der Waals surface area (Å²) in [4.78, 5) is 10.7. The first kappa shape index (κ1) is 15.3. The first-order chi connectivity index (χ1) is 10.0. The highest BCUT2D eigenvalue weighted by Crippen LogP contribution is 2.38. The Kier molecular flexibility index (Phi) is 4.43. The van der Waals surface area contributed by atoms with Crippen LogP contribution in [0, 0.1) is 27.4 Å². The van der Waals surface area contributed by atoms with Crippen LogP contribution in [-0.2, 0) is 0 Å². The number of hydrogen-bond donors (Lipinski definition) is 2. The predicted octanol–water partition coefficient (Wildman–Crippen LogP) is 2.82. The quantitative estimate of drug-likeness (QED) is 0.656. The molecule has 0 heterocycles. The fourth-order valence-corrected chi connectivity index (χ4v) is 3.17. The molecule has 1 saturated carbocycles. The molecule has 1 aliphatic rings. The fraction of sp³-hybridized carbons (Fsp3) is 0.533. The zero-order valence-electron chi connectivity index (χ0n) is 12.0. The van der Waals surface area contributed by atoms with E-state index in [1.54, 1.807) is 12.1 Å². The van der Waals surface area contributed by atoms with Gasteiger partial charge in [0.25, 0.3) is 0 Å². The van der Waals surface area contributed by atoms with Gasteiger partial charge in [0.2, 0.25) is 0 Å². The Labute approximate surface area is 123 Å². The third-order valence-electron chi connectivity index (χ3n) is 4.13. The van der Waals surface area contributed by atoms with Crippen molar-refractivity contribution in [3.8, 4) is 6.07 Å². The average Bonchev–Trinajstić information content (AvgIpc) is 2.46. The highest BCUT2D eigenvalue weighted by atomic mass is 16.6. The lowest BCUT2D eigenvalue weighted by molar-refractivity contribution is -0.384. The van der Waals surface area contributed by atoms with Crippen LogP contribution in [0.25, 0.3) is 0 Å². The van der Waals surface area contributed by atoms with Crippen LogP contribution in [0.4, 0.5) is 11.4 Å². The predicted molar refractivity (Wildman–Crippen MR) is 78.9 cm³/mol. The van der Waals surface area contributed by atoms with Gasteiger partial charge in [-0.3, -0.25) is 10.1 Å². The second-order valence-electron chi connectivity index (χ2n) is 5.84. The van der Waals surface area contributed by atoms with Crippen LogP contribution in [-0.4, -0.2) is 22.2 Å². The third-order valence-corrected chi connectivity index (χ3v) is 4.13. The van der Waals surface area contributed by atoms with Gasteiger partial charge in [-0.2, -0.15) is 5.26 Å². The Morgan fingerprint density at radius 2 is 2.38 bits per heavy atom. The van der Waals surface area contributed by atoms with E-state index in [1.807, 2.05) is 6.07 Å². The van der Waals surface area contributed by atoms with Gasteiger partial charge in [0, 0.05) is 0 Å². The molecule has 0 aromatic heterocycles. The summed E-state index contributed by atoms with van der Waals surface area (Å²) in [5.41, 5.74) is -0.425. The molecule has 6 heteroatoms. The van der Waals surface area contributed by atoms with E-state index < -0.39 is 10.5 Å². The zero-order chi connectivity index (χ0) is 15.5. The molecule has 1 aliphatic carbocycles. The number of nitriles is 1. The van der Waals surface area contributed by atoms with Crippen LogP contribution < -0.4 is 5.32 Å². The minimum absolute atomic E-state index is 0.0296. The van der Waals surface area contributed by atoms with Crippen molar-refractivity contribution in [2.75, 3.05) is 11.9 Å². The second kappa shape index (κ2) is 6.10. The number of nitro groups is 1. The largest absolute Gasteiger partial charge is 0.394 e. The standard InChI is InChI=1S/C15H19N3O3/c1-11-4-3-7-15(8-11,10-19)17-13-6-2-5-12(9-16)14(13)18(20)21/h2,5-6,11,17,19H,3-4,7-8,10H2,1H3. The average molecular weight is 289 g/mol. The zero-order valence-corrected chi connectivity index (χ0v) is 12.0. The van der Waals surface area contributed by atoms with Crippen molar-refractivity contribution in [1.29, 1.82) is 5.26 Å². The number of anilines is 1. The Balaban J connectivity index is 2.38. The summed E-state index contributed by atoms with van der Waals surface area (Å²) >= 11 is 0. The molecule has 1 aromatic carbocycles. The molecule has 6 nitrogen and oxygen atoms in total. The Hall–Kier alpha value is -2.13. The van der Waals surface area contributed by atoms with Crippen LogP contribution in [0.5, 0.6) is 0 Å². The summed E-state index contributed by atoms with van der Waals surface area (Å²) in [6, 6.07) is 6.49. The minimum Gasteiger partial charge on any atom is -0.394 e. The number of aliphatic hydroxyl groups is 1. The second-order valence-corrected chi connectivity index (χ2v) is 5.84. The molecular weight excluding hydrogens is 270 g/mol. The number of benzene rings is 1. The monoisotopic (exact) mass is 289 g/mol. The van der Waals surface area contributed by atoms with Gasteiger partial charge in [-0.15, -0.1) is 0 Å². The molecule has 1 fully saturated rings. The summed E-state index contributed by atoms with van der Waals surface area (Å²) in [6.07, 6.45) is 3.60. The fourth-order valence-electron chi connectivity index (χ4n) is 3.17. The lowest BCUT2D eigenvalue weighted by Crippen LogP contribution is -2.46. The van der Waals surface area contributed by atoms with E-state index in [1.165, 1.54) is 6.07 Å². The maximum absolute atomic E-state index is 11.3. The number of nitro benzene ring substituents is 1. The number of para-hydroxylation sites is 1. The molecule has 0 spiro atoms. The summed E-state index contributed by atoms with van der Waals surface area (Å²) in [5, 5.41) is 33.2. The topological polar surface area (TPSA) is 99.2 Å². The summed E-state index contributed by atoms with van der Waals surface area (Å²) in [7, 11) is 0. The first-order valence-corrected chi connectivity index (χ1v) is 7.08. The van der Waals surface area contributed by atoms with E-state index in [-0.39, 0.29) is 17.9 Å². The third kappa shape index (κ3) is 3.14. The molecule has 2 N–H and O–H groups in total. The van der Waals surface area contributed by atoms with E-state index in [4.69, 9.17) is 5.26 Å².